The Morgan fingerprint density at radius 2 is 1.96 bits per heavy atom. The van der Waals surface area contributed by atoms with Gasteiger partial charge in [-0.15, -0.1) is 12.4 Å². The number of hydrogen-bond donors (Lipinski definition) is 2. The third-order valence-electron chi connectivity index (χ3n) is 5.38. The van der Waals surface area contributed by atoms with Gasteiger partial charge in [0.05, 0.1) is 6.04 Å². The number of nitrogens with one attached hydrogen (secondary N) is 2. The molecule has 1 aliphatic heterocycles. The molecule has 1 aromatic rings. The third-order valence-corrected chi connectivity index (χ3v) is 5.63. The number of ether oxygens (including phenoxy) is 1. The summed E-state index contributed by atoms with van der Waals surface area (Å²) >= 11 is 5.94. The summed E-state index contributed by atoms with van der Waals surface area (Å²) in [4.78, 5) is 12.6. The lowest BCUT2D eigenvalue weighted by atomic mass is 9.91. The molecule has 134 valence electrons. The highest BCUT2D eigenvalue weighted by Crippen LogP contribution is 2.58. The van der Waals surface area contributed by atoms with Crippen LogP contribution in [0.25, 0.3) is 0 Å². The number of benzene rings is 1. The predicted molar refractivity (Wildman–Crippen MR) is 98.7 cm³/mol. The first-order chi connectivity index (χ1) is 11.1. The highest BCUT2D eigenvalue weighted by molar-refractivity contribution is 6.30. The monoisotopic (exact) mass is 372 g/mol. The molecule has 1 aliphatic carbocycles. The van der Waals surface area contributed by atoms with Crippen LogP contribution in [0.4, 0.5) is 0 Å². The van der Waals surface area contributed by atoms with Crippen molar-refractivity contribution in [3.63, 3.8) is 0 Å². The predicted octanol–water partition coefficient (Wildman–Crippen LogP) is 3.34. The van der Waals surface area contributed by atoms with Gasteiger partial charge in [0.15, 0.2) is 0 Å². The van der Waals surface area contributed by atoms with Crippen LogP contribution >= 0.6 is 24.0 Å². The number of carbonyl (C=O) groups excluding carboxylic acids is 1. The maximum atomic E-state index is 12.6. The molecular weight excluding hydrogens is 347 g/mol. The second-order valence-corrected chi connectivity index (χ2v) is 7.31. The maximum absolute atomic E-state index is 12.6. The van der Waals surface area contributed by atoms with E-state index in [1.54, 1.807) is 7.11 Å². The first kappa shape index (κ1) is 19.5. The van der Waals surface area contributed by atoms with Gasteiger partial charge in [-0.3, -0.25) is 4.79 Å². The van der Waals surface area contributed by atoms with Gasteiger partial charge >= 0.3 is 0 Å². The zero-order chi connectivity index (χ0) is 16.4. The van der Waals surface area contributed by atoms with Crippen LogP contribution in [-0.4, -0.2) is 32.1 Å². The molecule has 3 rings (SSSR count). The van der Waals surface area contributed by atoms with Gasteiger partial charge in [-0.05, 0) is 62.4 Å². The fourth-order valence-electron chi connectivity index (χ4n) is 3.88. The molecule has 1 saturated carbocycles. The third kappa shape index (κ3) is 4.05. The van der Waals surface area contributed by atoms with E-state index in [-0.39, 0.29) is 41.8 Å². The zero-order valence-electron chi connectivity index (χ0n) is 14.2. The van der Waals surface area contributed by atoms with Crippen LogP contribution in [0, 0.1) is 11.3 Å². The van der Waals surface area contributed by atoms with Gasteiger partial charge in [0, 0.05) is 18.1 Å². The number of amides is 1. The van der Waals surface area contributed by atoms with Gasteiger partial charge < -0.3 is 15.4 Å². The Morgan fingerprint density at radius 3 is 2.54 bits per heavy atom. The summed E-state index contributed by atoms with van der Waals surface area (Å²) in [6, 6.07) is 7.52. The van der Waals surface area contributed by atoms with Gasteiger partial charge in [-0.25, -0.2) is 0 Å². The summed E-state index contributed by atoms with van der Waals surface area (Å²) in [7, 11) is 1.67. The fourth-order valence-corrected chi connectivity index (χ4v) is 4.00. The number of methoxy groups -OCH3 is 1. The number of rotatable bonds is 5. The Labute approximate surface area is 155 Å². The number of halogens is 2. The summed E-state index contributed by atoms with van der Waals surface area (Å²) in [5.41, 5.74) is 1.29. The first-order valence-electron chi connectivity index (χ1n) is 8.35. The Morgan fingerprint density at radius 1 is 1.33 bits per heavy atom. The van der Waals surface area contributed by atoms with Crippen LogP contribution in [0.5, 0.6) is 0 Å². The van der Waals surface area contributed by atoms with E-state index < -0.39 is 0 Å². The van der Waals surface area contributed by atoms with E-state index in [0.717, 1.165) is 37.9 Å². The molecule has 1 heterocycles. The molecule has 1 amide bonds. The smallest absolute Gasteiger partial charge is 0.224 e. The van der Waals surface area contributed by atoms with Gasteiger partial charge in [0.1, 0.15) is 6.10 Å². The van der Waals surface area contributed by atoms with E-state index in [0.29, 0.717) is 5.02 Å². The lowest BCUT2D eigenvalue weighted by molar-refractivity contribution is -0.124. The van der Waals surface area contributed by atoms with Crippen molar-refractivity contribution in [1.82, 2.24) is 10.6 Å². The Kier molecular flexibility index (Phi) is 6.54. The van der Waals surface area contributed by atoms with E-state index in [2.05, 4.69) is 10.6 Å². The molecule has 2 fully saturated rings. The van der Waals surface area contributed by atoms with Crippen molar-refractivity contribution in [2.24, 2.45) is 11.3 Å². The molecule has 1 saturated heterocycles. The second-order valence-electron chi connectivity index (χ2n) is 6.87. The minimum atomic E-state index is -0.168. The highest BCUT2D eigenvalue weighted by Gasteiger charge is 2.57. The summed E-state index contributed by atoms with van der Waals surface area (Å²) in [5.74, 6) is 0.352. The normalized spacial score (nSPS) is 23.9. The zero-order valence-corrected chi connectivity index (χ0v) is 15.8. The van der Waals surface area contributed by atoms with Crippen molar-refractivity contribution in [1.29, 1.82) is 0 Å². The molecular formula is C18H26Cl2N2O2. The van der Waals surface area contributed by atoms with Crippen molar-refractivity contribution < 1.29 is 9.53 Å². The second kappa shape index (κ2) is 8.05. The molecule has 6 heteroatoms. The van der Waals surface area contributed by atoms with Crippen LogP contribution in [0.2, 0.25) is 5.02 Å². The molecule has 3 atom stereocenters. The standard InChI is InChI=1S/C18H25ClN2O2.ClH/c1-12(16(23-2)13-3-5-14(19)6-4-13)21-17(22)15-11-18(15)7-9-20-10-8-18;/h3-6,12,15-16,20H,7-11H2,1-2H3,(H,21,22);1H. The quantitative estimate of drug-likeness (QED) is 0.832. The lowest BCUT2D eigenvalue weighted by Crippen LogP contribution is -2.40. The van der Waals surface area contributed by atoms with Gasteiger partial charge in [0.25, 0.3) is 0 Å². The van der Waals surface area contributed by atoms with E-state index >= 15 is 0 Å². The molecule has 1 aromatic carbocycles. The molecule has 4 nitrogen and oxygen atoms in total. The van der Waals surface area contributed by atoms with Gasteiger partial charge in [-0.1, -0.05) is 23.7 Å². The topological polar surface area (TPSA) is 50.4 Å². The number of hydrogen-bond acceptors (Lipinski definition) is 3. The maximum Gasteiger partial charge on any atom is 0.224 e. The van der Waals surface area contributed by atoms with E-state index in [9.17, 15) is 4.79 Å². The van der Waals surface area contributed by atoms with Crippen molar-refractivity contribution >= 4 is 29.9 Å². The minimum Gasteiger partial charge on any atom is -0.375 e. The lowest BCUT2D eigenvalue weighted by Gasteiger charge is -2.26. The van der Waals surface area contributed by atoms with Crippen LogP contribution < -0.4 is 10.6 Å². The molecule has 0 bridgehead atoms. The molecule has 0 radical (unpaired) electrons. The fraction of sp³-hybridized carbons (Fsp3) is 0.611. The Bertz CT molecular complexity index is 559. The first-order valence-corrected chi connectivity index (χ1v) is 8.73. The van der Waals surface area contributed by atoms with Crippen molar-refractivity contribution in [3.05, 3.63) is 34.9 Å². The summed E-state index contributed by atoms with van der Waals surface area (Å²) in [6.07, 6.45) is 3.10. The molecule has 0 aromatic heterocycles. The van der Waals surface area contributed by atoms with E-state index in [1.807, 2.05) is 31.2 Å². The molecule has 24 heavy (non-hydrogen) atoms. The van der Waals surface area contributed by atoms with Crippen molar-refractivity contribution in [2.45, 2.75) is 38.3 Å². The van der Waals surface area contributed by atoms with Gasteiger partial charge in [-0.2, -0.15) is 0 Å². The molecule has 2 aliphatic rings. The number of carbonyl (C=O) groups is 1. The SMILES string of the molecule is COC(c1ccc(Cl)cc1)C(C)NC(=O)C1CC12CCNCC2.Cl. The van der Waals surface area contributed by atoms with Crippen LogP contribution in [0.3, 0.4) is 0 Å². The summed E-state index contributed by atoms with van der Waals surface area (Å²) in [6.45, 7) is 4.06. The van der Waals surface area contributed by atoms with Crippen LogP contribution in [0.1, 0.15) is 37.9 Å². The average molecular weight is 373 g/mol. The average Bonchev–Trinajstić information content (AvgIpc) is 3.24. The molecule has 3 unspecified atom stereocenters. The summed E-state index contributed by atoms with van der Waals surface area (Å²) in [5, 5.41) is 7.23. The molecule has 2 N–H and O–H groups in total. The van der Waals surface area contributed by atoms with Crippen LogP contribution in [0.15, 0.2) is 24.3 Å². The Hall–Kier alpha value is -0.810. The van der Waals surface area contributed by atoms with E-state index in [4.69, 9.17) is 16.3 Å². The Balaban J connectivity index is 0.00000208. The van der Waals surface area contributed by atoms with Crippen LogP contribution in [-0.2, 0) is 9.53 Å². The van der Waals surface area contributed by atoms with Gasteiger partial charge in [0.2, 0.25) is 5.91 Å². The number of piperidine rings is 1. The van der Waals surface area contributed by atoms with Crippen molar-refractivity contribution in [3.8, 4) is 0 Å². The largest absolute Gasteiger partial charge is 0.375 e. The molecule has 1 spiro atoms. The highest BCUT2D eigenvalue weighted by atomic mass is 35.5. The van der Waals surface area contributed by atoms with E-state index in [1.165, 1.54) is 0 Å². The summed E-state index contributed by atoms with van der Waals surface area (Å²) < 4.78 is 5.61. The minimum absolute atomic E-state index is 0. The van der Waals surface area contributed by atoms with Crippen molar-refractivity contribution in [2.75, 3.05) is 20.2 Å².